The Bertz CT molecular complexity index is 676. The molecule has 0 saturated heterocycles. The molecule has 108 valence electrons. The molecule has 1 nitrogen and oxygen atoms in total. The molecule has 0 bridgehead atoms. The van der Waals surface area contributed by atoms with Gasteiger partial charge in [0.15, 0.2) is 0 Å². The number of hydrogen-bond acceptors (Lipinski definition) is 3. The van der Waals surface area contributed by atoms with Gasteiger partial charge in [0.05, 0.1) is 6.04 Å². The molecule has 0 aliphatic rings. The minimum absolute atomic E-state index is 0.232. The van der Waals surface area contributed by atoms with E-state index in [0.29, 0.717) is 6.04 Å². The zero-order chi connectivity index (χ0) is 14.7. The first-order chi connectivity index (χ1) is 10.3. The molecule has 0 fully saturated rings. The molecule has 2 atom stereocenters. The van der Waals surface area contributed by atoms with Gasteiger partial charge in [-0.05, 0) is 51.3 Å². The van der Waals surface area contributed by atoms with Crippen LogP contribution in [0.25, 0.3) is 0 Å². The van der Waals surface area contributed by atoms with Gasteiger partial charge in [-0.2, -0.15) is 0 Å². The fraction of sp³-hybridized carbons (Fsp3) is 0.176. The average Bonchev–Trinajstić information content (AvgIpc) is 3.17. The second kappa shape index (κ2) is 6.88. The first-order valence-electron chi connectivity index (χ1n) is 6.83. The molecular formula is C17H16BrNS2. The van der Waals surface area contributed by atoms with Crippen LogP contribution in [0.1, 0.15) is 34.3 Å². The summed E-state index contributed by atoms with van der Waals surface area (Å²) in [7, 11) is 0. The molecule has 2 aromatic heterocycles. The van der Waals surface area contributed by atoms with Gasteiger partial charge < -0.3 is 0 Å². The molecule has 1 aromatic carbocycles. The maximum atomic E-state index is 3.77. The van der Waals surface area contributed by atoms with Crippen molar-refractivity contribution in [3.8, 4) is 0 Å². The number of benzene rings is 1. The summed E-state index contributed by atoms with van der Waals surface area (Å²) in [5.74, 6) is 0. The summed E-state index contributed by atoms with van der Waals surface area (Å²) in [6, 6.07) is 17.6. The summed E-state index contributed by atoms with van der Waals surface area (Å²) in [6.45, 7) is 2.22. The minimum atomic E-state index is 0.232. The summed E-state index contributed by atoms with van der Waals surface area (Å²) in [6.07, 6.45) is 0. The van der Waals surface area contributed by atoms with E-state index in [4.69, 9.17) is 0 Å². The third kappa shape index (κ3) is 3.46. The standard InChI is InChI=1S/C17H16BrNS2/c1-12(17-14(18)9-11-21-17)19-16(15-8-5-10-20-15)13-6-3-2-4-7-13/h2-12,16,19H,1H3. The number of hydrogen-bond donors (Lipinski definition) is 1. The van der Waals surface area contributed by atoms with Crippen molar-refractivity contribution in [3.63, 3.8) is 0 Å². The number of thiophene rings is 2. The lowest BCUT2D eigenvalue weighted by Gasteiger charge is -2.23. The SMILES string of the molecule is CC(NC(c1ccccc1)c1cccs1)c1sccc1Br. The van der Waals surface area contributed by atoms with Crippen molar-refractivity contribution in [2.75, 3.05) is 0 Å². The Morgan fingerprint density at radius 1 is 0.952 bits per heavy atom. The minimum Gasteiger partial charge on any atom is -0.298 e. The summed E-state index contributed by atoms with van der Waals surface area (Å²) in [5.41, 5.74) is 1.31. The van der Waals surface area contributed by atoms with Crippen LogP contribution < -0.4 is 5.32 Å². The summed E-state index contributed by atoms with van der Waals surface area (Å²) in [5, 5.41) is 8.03. The molecule has 0 aliphatic heterocycles. The van der Waals surface area contributed by atoms with E-state index in [0.717, 1.165) is 0 Å². The van der Waals surface area contributed by atoms with E-state index in [1.54, 1.807) is 22.7 Å². The highest BCUT2D eigenvalue weighted by Gasteiger charge is 2.19. The normalized spacial score (nSPS) is 14.0. The largest absolute Gasteiger partial charge is 0.298 e. The third-order valence-corrected chi connectivity index (χ3v) is 6.41. The van der Waals surface area contributed by atoms with Crippen LogP contribution in [-0.4, -0.2) is 0 Å². The predicted molar refractivity (Wildman–Crippen MR) is 96.2 cm³/mol. The van der Waals surface area contributed by atoms with Crippen molar-refractivity contribution in [1.29, 1.82) is 0 Å². The van der Waals surface area contributed by atoms with Gasteiger partial charge in [-0.1, -0.05) is 36.4 Å². The van der Waals surface area contributed by atoms with Gasteiger partial charge >= 0.3 is 0 Å². The van der Waals surface area contributed by atoms with Crippen molar-refractivity contribution in [2.24, 2.45) is 0 Å². The maximum absolute atomic E-state index is 3.77. The number of rotatable bonds is 5. The van der Waals surface area contributed by atoms with Crippen LogP contribution in [-0.2, 0) is 0 Å². The van der Waals surface area contributed by atoms with Crippen LogP contribution in [0.3, 0.4) is 0 Å². The van der Waals surface area contributed by atoms with Gasteiger partial charge in [0.1, 0.15) is 0 Å². The number of nitrogens with one attached hydrogen (secondary N) is 1. The highest BCUT2D eigenvalue weighted by atomic mass is 79.9. The third-order valence-electron chi connectivity index (χ3n) is 3.42. The first kappa shape index (κ1) is 15.0. The molecule has 0 radical (unpaired) electrons. The Morgan fingerprint density at radius 2 is 1.76 bits per heavy atom. The zero-order valence-electron chi connectivity index (χ0n) is 11.6. The second-order valence-electron chi connectivity index (χ2n) is 4.88. The highest BCUT2D eigenvalue weighted by Crippen LogP contribution is 2.33. The summed E-state index contributed by atoms with van der Waals surface area (Å²) in [4.78, 5) is 2.69. The molecule has 0 amide bonds. The molecule has 0 saturated carbocycles. The van der Waals surface area contributed by atoms with E-state index < -0.39 is 0 Å². The lowest BCUT2D eigenvalue weighted by atomic mass is 10.0. The highest BCUT2D eigenvalue weighted by molar-refractivity contribution is 9.10. The Labute approximate surface area is 141 Å². The van der Waals surface area contributed by atoms with E-state index in [1.807, 2.05) is 0 Å². The molecule has 21 heavy (non-hydrogen) atoms. The lowest BCUT2D eigenvalue weighted by Crippen LogP contribution is -2.24. The fourth-order valence-corrected chi connectivity index (χ4v) is 4.93. The van der Waals surface area contributed by atoms with Crippen molar-refractivity contribution in [2.45, 2.75) is 19.0 Å². The Kier molecular flexibility index (Phi) is 4.91. The number of halogens is 1. The van der Waals surface area contributed by atoms with Gasteiger partial charge in [-0.15, -0.1) is 22.7 Å². The van der Waals surface area contributed by atoms with Crippen LogP contribution in [0.2, 0.25) is 0 Å². The van der Waals surface area contributed by atoms with Crippen molar-refractivity contribution >= 4 is 38.6 Å². The molecule has 2 unspecified atom stereocenters. The van der Waals surface area contributed by atoms with Crippen molar-refractivity contribution < 1.29 is 0 Å². The Morgan fingerprint density at radius 3 is 2.38 bits per heavy atom. The van der Waals surface area contributed by atoms with Gasteiger partial charge in [0.25, 0.3) is 0 Å². The van der Waals surface area contributed by atoms with Gasteiger partial charge in [0, 0.05) is 20.3 Å². The summed E-state index contributed by atoms with van der Waals surface area (Å²) < 4.78 is 1.19. The van der Waals surface area contributed by atoms with Crippen LogP contribution in [0, 0.1) is 0 Å². The van der Waals surface area contributed by atoms with Crippen LogP contribution >= 0.6 is 38.6 Å². The van der Waals surface area contributed by atoms with Crippen LogP contribution in [0.4, 0.5) is 0 Å². The van der Waals surface area contributed by atoms with Gasteiger partial charge in [0.2, 0.25) is 0 Å². The smallest absolute Gasteiger partial charge is 0.0675 e. The maximum Gasteiger partial charge on any atom is 0.0675 e. The topological polar surface area (TPSA) is 12.0 Å². The van der Waals surface area contributed by atoms with Crippen LogP contribution in [0.5, 0.6) is 0 Å². The van der Waals surface area contributed by atoms with Crippen LogP contribution in [0.15, 0.2) is 63.8 Å². The molecule has 3 rings (SSSR count). The van der Waals surface area contributed by atoms with E-state index in [-0.39, 0.29) is 6.04 Å². The van der Waals surface area contributed by atoms with E-state index >= 15 is 0 Å². The second-order valence-corrected chi connectivity index (χ2v) is 7.66. The van der Waals surface area contributed by atoms with E-state index in [1.165, 1.54) is 19.8 Å². The summed E-state index contributed by atoms with van der Waals surface area (Å²) >= 11 is 7.22. The monoisotopic (exact) mass is 377 g/mol. The predicted octanol–water partition coefficient (Wildman–Crippen LogP) is 6.01. The molecule has 2 heterocycles. The molecule has 3 aromatic rings. The molecule has 0 aliphatic carbocycles. The van der Waals surface area contributed by atoms with Crippen molar-refractivity contribution in [1.82, 2.24) is 5.32 Å². The van der Waals surface area contributed by atoms with Crippen molar-refractivity contribution in [3.05, 3.63) is 79.1 Å². The average molecular weight is 378 g/mol. The molecule has 1 N–H and O–H groups in total. The van der Waals surface area contributed by atoms with Gasteiger partial charge in [-0.3, -0.25) is 5.32 Å². The molecular weight excluding hydrogens is 362 g/mol. The molecule has 0 spiro atoms. The quantitative estimate of drug-likeness (QED) is 0.573. The Balaban J connectivity index is 1.89. The zero-order valence-corrected chi connectivity index (χ0v) is 14.8. The first-order valence-corrected chi connectivity index (χ1v) is 9.38. The Hall–Kier alpha value is -0.940. The fourth-order valence-electron chi connectivity index (χ4n) is 2.38. The van der Waals surface area contributed by atoms with E-state index in [2.05, 4.69) is 87.5 Å². The van der Waals surface area contributed by atoms with E-state index in [9.17, 15) is 0 Å². The lowest BCUT2D eigenvalue weighted by molar-refractivity contribution is 0.526. The molecule has 4 heteroatoms. The van der Waals surface area contributed by atoms with Gasteiger partial charge in [-0.25, -0.2) is 0 Å².